The molecule has 8 heteroatoms. The Morgan fingerprint density at radius 2 is 1.97 bits per heavy atom. The Kier molecular flexibility index (Phi) is 5.28. The largest absolute Gasteiger partial charge is 0.487 e. The SMILES string of the molecule is O=C(CSc1nc2ccccc2o1)Nc1cccc(OCc2cn3ccccc3n2)c1. The third kappa shape index (κ3) is 4.54. The van der Waals surface area contributed by atoms with Crippen LogP contribution in [0.25, 0.3) is 16.7 Å². The van der Waals surface area contributed by atoms with Crippen molar-refractivity contribution in [3.63, 3.8) is 0 Å². The maximum atomic E-state index is 12.3. The van der Waals surface area contributed by atoms with Gasteiger partial charge in [0.15, 0.2) is 5.58 Å². The molecular formula is C23H18N4O3S. The molecule has 7 nitrogen and oxygen atoms in total. The molecule has 31 heavy (non-hydrogen) atoms. The molecule has 5 aromatic rings. The molecular weight excluding hydrogens is 412 g/mol. The average Bonchev–Trinajstić information content (AvgIpc) is 3.40. The lowest BCUT2D eigenvalue weighted by atomic mass is 10.3. The second-order valence-corrected chi connectivity index (χ2v) is 7.73. The minimum absolute atomic E-state index is 0.148. The Morgan fingerprint density at radius 3 is 2.87 bits per heavy atom. The van der Waals surface area contributed by atoms with Crippen LogP contribution in [0, 0.1) is 0 Å². The zero-order chi connectivity index (χ0) is 21.0. The average molecular weight is 430 g/mol. The Hall–Kier alpha value is -3.78. The van der Waals surface area contributed by atoms with Crippen molar-refractivity contribution in [3.05, 3.63) is 84.8 Å². The van der Waals surface area contributed by atoms with Gasteiger partial charge in [0.05, 0.1) is 11.4 Å². The van der Waals surface area contributed by atoms with E-state index >= 15 is 0 Å². The lowest BCUT2D eigenvalue weighted by Gasteiger charge is -2.08. The van der Waals surface area contributed by atoms with Crippen LogP contribution < -0.4 is 10.1 Å². The van der Waals surface area contributed by atoms with Crippen molar-refractivity contribution in [2.45, 2.75) is 11.8 Å². The van der Waals surface area contributed by atoms with Crippen LogP contribution in [0.2, 0.25) is 0 Å². The van der Waals surface area contributed by atoms with Gasteiger partial charge in [0.2, 0.25) is 5.91 Å². The number of carbonyl (C=O) groups excluding carboxylic acids is 1. The number of imidazole rings is 1. The number of para-hydroxylation sites is 2. The highest BCUT2D eigenvalue weighted by molar-refractivity contribution is 7.99. The van der Waals surface area contributed by atoms with Crippen molar-refractivity contribution in [1.82, 2.24) is 14.4 Å². The summed E-state index contributed by atoms with van der Waals surface area (Å²) < 4.78 is 13.4. The molecule has 2 aromatic carbocycles. The summed E-state index contributed by atoms with van der Waals surface area (Å²) in [4.78, 5) is 21.2. The number of anilines is 1. The highest BCUT2D eigenvalue weighted by Crippen LogP contribution is 2.24. The number of amides is 1. The van der Waals surface area contributed by atoms with Gasteiger partial charge in [0, 0.05) is 24.1 Å². The van der Waals surface area contributed by atoms with Gasteiger partial charge in [-0.1, -0.05) is 36.0 Å². The van der Waals surface area contributed by atoms with E-state index in [1.807, 2.05) is 77.5 Å². The smallest absolute Gasteiger partial charge is 0.257 e. The van der Waals surface area contributed by atoms with Crippen molar-refractivity contribution in [3.8, 4) is 5.75 Å². The number of benzene rings is 2. The lowest BCUT2D eigenvalue weighted by Crippen LogP contribution is -2.14. The third-order valence-corrected chi connectivity index (χ3v) is 5.35. The van der Waals surface area contributed by atoms with Gasteiger partial charge in [-0.25, -0.2) is 9.97 Å². The van der Waals surface area contributed by atoms with Gasteiger partial charge in [0.1, 0.15) is 23.5 Å². The van der Waals surface area contributed by atoms with E-state index in [1.54, 1.807) is 6.07 Å². The summed E-state index contributed by atoms with van der Waals surface area (Å²) in [7, 11) is 0. The van der Waals surface area contributed by atoms with Crippen LogP contribution in [-0.4, -0.2) is 26.0 Å². The molecule has 0 aliphatic carbocycles. The summed E-state index contributed by atoms with van der Waals surface area (Å²) in [6.45, 7) is 0.340. The summed E-state index contributed by atoms with van der Waals surface area (Å²) in [5, 5.41) is 3.35. The fourth-order valence-electron chi connectivity index (χ4n) is 3.11. The van der Waals surface area contributed by atoms with E-state index in [4.69, 9.17) is 9.15 Å². The molecule has 5 rings (SSSR count). The van der Waals surface area contributed by atoms with E-state index in [-0.39, 0.29) is 11.7 Å². The first-order valence-electron chi connectivity index (χ1n) is 9.67. The second kappa shape index (κ2) is 8.53. The third-order valence-electron chi connectivity index (χ3n) is 4.52. The summed E-state index contributed by atoms with van der Waals surface area (Å²) >= 11 is 1.26. The Bertz CT molecular complexity index is 1300. The number of nitrogens with zero attached hydrogens (tertiary/aromatic N) is 3. The maximum absolute atomic E-state index is 12.3. The van der Waals surface area contributed by atoms with Crippen LogP contribution in [-0.2, 0) is 11.4 Å². The number of ether oxygens (including phenoxy) is 1. The molecule has 1 amide bonds. The summed E-state index contributed by atoms with van der Waals surface area (Å²) in [6.07, 6.45) is 3.88. The van der Waals surface area contributed by atoms with Crippen LogP contribution in [0.4, 0.5) is 5.69 Å². The maximum Gasteiger partial charge on any atom is 0.257 e. The molecule has 0 atom stereocenters. The van der Waals surface area contributed by atoms with Crippen LogP contribution in [0.3, 0.4) is 0 Å². The van der Waals surface area contributed by atoms with Crippen LogP contribution >= 0.6 is 11.8 Å². The Labute approximate surface area is 182 Å². The normalized spacial score (nSPS) is 11.1. The predicted octanol–water partition coefficient (Wildman–Crippen LogP) is 4.79. The molecule has 0 spiro atoms. The molecule has 3 heterocycles. The number of nitrogens with one attached hydrogen (secondary N) is 1. The van der Waals surface area contributed by atoms with Crippen LogP contribution in [0.15, 0.2) is 88.8 Å². The molecule has 1 N–H and O–H groups in total. The lowest BCUT2D eigenvalue weighted by molar-refractivity contribution is -0.113. The molecule has 0 saturated heterocycles. The number of rotatable bonds is 7. The van der Waals surface area contributed by atoms with E-state index in [1.165, 1.54) is 11.8 Å². The number of aromatic nitrogens is 3. The molecule has 0 fully saturated rings. The minimum Gasteiger partial charge on any atom is -0.487 e. The fraction of sp³-hybridized carbons (Fsp3) is 0.0870. The zero-order valence-electron chi connectivity index (χ0n) is 16.4. The summed E-state index contributed by atoms with van der Waals surface area (Å²) in [5.74, 6) is 0.699. The molecule has 0 aliphatic heterocycles. The van der Waals surface area contributed by atoms with E-state index in [9.17, 15) is 4.79 Å². The molecule has 0 saturated carbocycles. The molecule has 0 aliphatic rings. The number of oxazole rings is 1. The van der Waals surface area contributed by atoms with Gasteiger partial charge in [-0.15, -0.1) is 0 Å². The van der Waals surface area contributed by atoms with Crippen molar-refractivity contribution in [2.75, 3.05) is 11.1 Å². The predicted molar refractivity (Wildman–Crippen MR) is 119 cm³/mol. The summed E-state index contributed by atoms with van der Waals surface area (Å²) in [6, 6.07) is 20.6. The number of hydrogen-bond donors (Lipinski definition) is 1. The van der Waals surface area contributed by atoms with Gasteiger partial charge in [-0.05, 0) is 36.4 Å². The molecule has 3 aromatic heterocycles. The van der Waals surface area contributed by atoms with Crippen molar-refractivity contribution in [1.29, 1.82) is 0 Å². The highest BCUT2D eigenvalue weighted by Gasteiger charge is 2.10. The van der Waals surface area contributed by atoms with Gasteiger partial charge < -0.3 is 18.9 Å². The number of hydrogen-bond acceptors (Lipinski definition) is 6. The molecule has 0 unspecified atom stereocenters. The fourth-order valence-corrected chi connectivity index (χ4v) is 3.75. The van der Waals surface area contributed by atoms with E-state index in [2.05, 4.69) is 15.3 Å². The molecule has 0 bridgehead atoms. The Balaban J connectivity index is 1.17. The minimum atomic E-state index is -0.148. The topological polar surface area (TPSA) is 81.7 Å². The van der Waals surface area contributed by atoms with Crippen LogP contribution in [0.5, 0.6) is 5.75 Å². The van der Waals surface area contributed by atoms with E-state index < -0.39 is 0 Å². The van der Waals surface area contributed by atoms with E-state index in [0.717, 1.165) is 16.9 Å². The summed E-state index contributed by atoms with van der Waals surface area (Å²) in [5.41, 5.74) is 3.85. The standard InChI is InChI=1S/C23H18N4O3S/c28-22(15-31-23-26-19-8-1-2-9-20(19)30-23)25-16-6-5-7-18(12-16)29-14-17-13-27-11-4-3-10-21(27)24-17/h1-13H,14-15H2,(H,25,28). The van der Waals surface area contributed by atoms with Gasteiger partial charge in [-0.3, -0.25) is 4.79 Å². The first-order chi connectivity index (χ1) is 15.2. The number of thioether (sulfide) groups is 1. The highest BCUT2D eigenvalue weighted by atomic mass is 32.2. The zero-order valence-corrected chi connectivity index (χ0v) is 17.2. The van der Waals surface area contributed by atoms with Crippen molar-refractivity contribution < 1.29 is 13.9 Å². The van der Waals surface area contributed by atoms with Gasteiger partial charge in [0.25, 0.3) is 5.22 Å². The number of pyridine rings is 1. The Morgan fingerprint density at radius 1 is 1.06 bits per heavy atom. The number of fused-ring (bicyclic) bond motifs is 2. The van der Waals surface area contributed by atoms with Crippen molar-refractivity contribution >= 4 is 40.1 Å². The van der Waals surface area contributed by atoms with E-state index in [0.29, 0.717) is 28.8 Å². The molecule has 0 radical (unpaired) electrons. The quantitative estimate of drug-likeness (QED) is 0.374. The number of carbonyl (C=O) groups is 1. The van der Waals surface area contributed by atoms with Crippen LogP contribution in [0.1, 0.15) is 5.69 Å². The van der Waals surface area contributed by atoms with Gasteiger partial charge in [-0.2, -0.15) is 0 Å². The van der Waals surface area contributed by atoms with Gasteiger partial charge >= 0.3 is 0 Å². The molecule has 154 valence electrons. The first-order valence-corrected chi connectivity index (χ1v) is 10.7. The monoisotopic (exact) mass is 430 g/mol. The first kappa shape index (κ1) is 19.2. The second-order valence-electron chi connectivity index (χ2n) is 6.80. The van der Waals surface area contributed by atoms with Crippen molar-refractivity contribution in [2.24, 2.45) is 0 Å².